The average Bonchev–Trinajstić information content (AvgIpc) is 2.71. The van der Waals surface area contributed by atoms with Crippen molar-refractivity contribution in [3.63, 3.8) is 0 Å². The third-order valence-corrected chi connectivity index (χ3v) is 4.16. The lowest BCUT2D eigenvalue weighted by atomic mass is 10.1. The van der Waals surface area contributed by atoms with Crippen LogP contribution in [0.1, 0.15) is 21.5 Å². The maximum Gasteiger partial charge on any atom is 0.335 e. The van der Waals surface area contributed by atoms with Gasteiger partial charge in [0.2, 0.25) is 0 Å². The van der Waals surface area contributed by atoms with Crippen LogP contribution >= 0.6 is 11.6 Å². The Kier molecular flexibility index (Phi) is 6.29. The lowest BCUT2D eigenvalue weighted by Crippen LogP contribution is -2.01. The zero-order valence-electron chi connectivity index (χ0n) is 15.1. The SMILES string of the molecule is COc1cc(C=Nc2cccc(Cl)c2)ccc1OCc1cccc(C(=O)O)c1. The molecule has 0 fully saturated rings. The molecular formula is C22H18ClNO4. The largest absolute Gasteiger partial charge is 0.493 e. The summed E-state index contributed by atoms with van der Waals surface area (Å²) in [6, 6.07) is 19.4. The average molecular weight is 396 g/mol. The summed E-state index contributed by atoms with van der Waals surface area (Å²) in [4.78, 5) is 15.5. The van der Waals surface area contributed by atoms with E-state index in [2.05, 4.69) is 4.99 Å². The summed E-state index contributed by atoms with van der Waals surface area (Å²) in [5.41, 5.74) is 2.58. The van der Waals surface area contributed by atoms with E-state index in [0.717, 1.165) is 16.8 Å². The van der Waals surface area contributed by atoms with Crippen LogP contribution in [0, 0.1) is 0 Å². The molecule has 6 heteroatoms. The van der Waals surface area contributed by atoms with Gasteiger partial charge in [0, 0.05) is 11.2 Å². The van der Waals surface area contributed by atoms with Crippen molar-refractivity contribution in [1.82, 2.24) is 0 Å². The van der Waals surface area contributed by atoms with Crippen LogP contribution in [0.3, 0.4) is 0 Å². The second kappa shape index (κ2) is 9.06. The first-order chi connectivity index (χ1) is 13.5. The van der Waals surface area contributed by atoms with E-state index in [1.807, 2.05) is 30.3 Å². The highest BCUT2D eigenvalue weighted by atomic mass is 35.5. The van der Waals surface area contributed by atoms with Crippen molar-refractivity contribution in [1.29, 1.82) is 0 Å². The highest BCUT2D eigenvalue weighted by Gasteiger charge is 2.07. The Bertz CT molecular complexity index is 1020. The van der Waals surface area contributed by atoms with Gasteiger partial charge in [-0.05, 0) is 59.7 Å². The number of aliphatic imine (C=N–C) groups is 1. The quantitative estimate of drug-likeness (QED) is 0.545. The predicted octanol–water partition coefficient (Wildman–Crippen LogP) is 5.38. The molecule has 0 aliphatic carbocycles. The van der Waals surface area contributed by atoms with E-state index in [1.54, 1.807) is 49.7 Å². The van der Waals surface area contributed by atoms with Gasteiger partial charge < -0.3 is 14.6 Å². The Morgan fingerprint density at radius 3 is 2.64 bits per heavy atom. The molecule has 0 saturated heterocycles. The molecule has 0 aromatic heterocycles. The second-order valence-corrected chi connectivity index (χ2v) is 6.38. The van der Waals surface area contributed by atoms with Crippen molar-refractivity contribution >= 4 is 29.5 Å². The summed E-state index contributed by atoms with van der Waals surface area (Å²) >= 11 is 5.96. The summed E-state index contributed by atoms with van der Waals surface area (Å²) < 4.78 is 11.2. The van der Waals surface area contributed by atoms with Gasteiger partial charge in [-0.3, -0.25) is 4.99 Å². The molecule has 0 atom stereocenters. The molecule has 142 valence electrons. The minimum absolute atomic E-state index is 0.223. The first kappa shape index (κ1) is 19.5. The number of carboxylic acids is 1. The van der Waals surface area contributed by atoms with Gasteiger partial charge in [-0.2, -0.15) is 0 Å². The molecule has 0 aliphatic rings. The Balaban J connectivity index is 1.72. The number of methoxy groups -OCH3 is 1. The maximum atomic E-state index is 11.1. The molecule has 3 aromatic carbocycles. The highest BCUT2D eigenvalue weighted by molar-refractivity contribution is 6.30. The third kappa shape index (κ3) is 5.11. The van der Waals surface area contributed by atoms with Crippen LogP contribution in [0.2, 0.25) is 5.02 Å². The summed E-state index contributed by atoms with van der Waals surface area (Å²) in [5, 5.41) is 9.70. The smallest absolute Gasteiger partial charge is 0.335 e. The van der Waals surface area contributed by atoms with Crippen LogP contribution in [-0.4, -0.2) is 24.4 Å². The summed E-state index contributed by atoms with van der Waals surface area (Å²) in [6.07, 6.45) is 1.72. The van der Waals surface area contributed by atoms with Gasteiger partial charge in [0.05, 0.1) is 18.4 Å². The monoisotopic (exact) mass is 395 g/mol. The van der Waals surface area contributed by atoms with Crippen molar-refractivity contribution < 1.29 is 19.4 Å². The van der Waals surface area contributed by atoms with Crippen molar-refractivity contribution in [2.45, 2.75) is 6.61 Å². The number of hydrogen-bond donors (Lipinski definition) is 1. The summed E-state index contributed by atoms with van der Waals surface area (Å²) in [5.74, 6) is 0.148. The zero-order chi connectivity index (χ0) is 19.9. The Labute approximate surface area is 167 Å². The molecule has 0 radical (unpaired) electrons. The molecule has 0 spiro atoms. The van der Waals surface area contributed by atoms with Crippen LogP contribution in [0.15, 0.2) is 71.7 Å². The minimum Gasteiger partial charge on any atom is -0.493 e. The van der Waals surface area contributed by atoms with Crippen LogP contribution in [0.25, 0.3) is 0 Å². The molecule has 1 N–H and O–H groups in total. The number of aromatic carboxylic acids is 1. The van der Waals surface area contributed by atoms with Gasteiger partial charge in [0.15, 0.2) is 11.5 Å². The molecule has 0 aliphatic heterocycles. The Morgan fingerprint density at radius 1 is 1.07 bits per heavy atom. The fourth-order valence-electron chi connectivity index (χ4n) is 2.54. The van der Waals surface area contributed by atoms with Gasteiger partial charge in [-0.25, -0.2) is 4.79 Å². The van der Waals surface area contributed by atoms with Crippen molar-refractivity contribution in [3.8, 4) is 11.5 Å². The lowest BCUT2D eigenvalue weighted by Gasteiger charge is -2.11. The van der Waals surface area contributed by atoms with Gasteiger partial charge in [-0.15, -0.1) is 0 Å². The van der Waals surface area contributed by atoms with Crippen molar-refractivity contribution in [2.75, 3.05) is 7.11 Å². The lowest BCUT2D eigenvalue weighted by molar-refractivity contribution is 0.0696. The number of benzene rings is 3. The van der Waals surface area contributed by atoms with Gasteiger partial charge in [-0.1, -0.05) is 29.8 Å². The minimum atomic E-state index is -0.970. The first-order valence-electron chi connectivity index (χ1n) is 8.48. The number of rotatable bonds is 7. The molecule has 28 heavy (non-hydrogen) atoms. The standard InChI is InChI=1S/C22H18ClNO4/c1-27-21-11-15(13-24-19-7-3-6-18(23)12-19)8-9-20(21)28-14-16-4-2-5-17(10-16)22(25)26/h2-13H,14H2,1H3,(H,25,26). The molecule has 0 unspecified atom stereocenters. The molecule has 0 saturated carbocycles. The van der Waals surface area contributed by atoms with Gasteiger partial charge in [0.25, 0.3) is 0 Å². The highest BCUT2D eigenvalue weighted by Crippen LogP contribution is 2.29. The topological polar surface area (TPSA) is 68.1 Å². The molecule has 0 bridgehead atoms. The van der Waals surface area contributed by atoms with Gasteiger partial charge in [0.1, 0.15) is 6.61 Å². The van der Waals surface area contributed by atoms with E-state index >= 15 is 0 Å². The maximum absolute atomic E-state index is 11.1. The zero-order valence-corrected chi connectivity index (χ0v) is 15.9. The third-order valence-electron chi connectivity index (χ3n) is 3.93. The number of ether oxygens (including phenoxy) is 2. The Hall–Kier alpha value is -3.31. The number of carboxylic acid groups (broad SMARTS) is 1. The first-order valence-corrected chi connectivity index (χ1v) is 8.85. The normalized spacial score (nSPS) is 10.8. The molecular weight excluding hydrogens is 378 g/mol. The van der Waals surface area contributed by atoms with Crippen molar-refractivity contribution in [3.05, 3.63) is 88.4 Å². The molecule has 0 heterocycles. The second-order valence-electron chi connectivity index (χ2n) is 5.94. The van der Waals surface area contributed by atoms with Crippen LogP contribution in [0.4, 0.5) is 5.69 Å². The number of carbonyl (C=O) groups is 1. The van der Waals surface area contributed by atoms with Crippen LogP contribution in [-0.2, 0) is 6.61 Å². The molecule has 3 aromatic rings. The number of hydrogen-bond acceptors (Lipinski definition) is 4. The van der Waals surface area contributed by atoms with Crippen molar-refractivity contribution in [2.24, 2.45) is 4.99 Å². The molecule has 0 amide bonds. The summed E-state index contributed by atoms with van der Waals surface area (Å²) in [7, 11) is 1.56. The predicted molar refractivity (Wildman–Crippen MR) is 109 cm³/mol. The number of halogens is 1. The fourth-order valence-corrected chi connectivity index (χ4v) is 2.73. The van der Waals surface area contributed by atoms with E-state index in [1.165, 1.54) is 0 Å². The molecule has 5 nitrogen and oxygen atoms in total. The Morgan fingerprint density at radius 2 is 1.89 bits per heavy atom. The fraction of sp³-hybridized carbons (Fsp3) is 0.0909. The van der Waals surface area contributed by atoms with E-state index in [9.17, 15) is 4.79 Å². The van der Waals surface area contributed by atoms with Crippen LogP contribution < -0.4 is 9.47 Å². The number of nitrogens with zero attached hydrogens (tertiary/aromatic N) is 1. The van der Waals surface area contributed by atoms with E-state index in [4.69, 9.17) is 26.2 Å². The molecule has 3 rings (SSSR count). The van der Waals surface area contributed by atoms with E-state index < -0.39 is 5.97 Å². The van der Waals surface area contributed by atoms with Crippen LogP contribution in [0.5, 0.6) is 11.5 Å². The van der Waals surface area contributed by atoms with Gasteiger partial charge >= 0.3 is 5.97 Å². The summed E-state index contributed by atoms with van der Waals surface area (Å²) in [6.45, 7) is 0.230. The van der Waals surface area contributed by atoms with E-state index in [-0.39, 0.29) is 12.2 Å². The van der Waals surface area contributed by atoms with E-state index in [0.29, 0.717) is 16.5 Å².